The van der Waals surface area contributed by atoms with Gasteiger partial charge in [0.05, 0.1) is 19.2 Å². The Morgan fingerprint density at radius 2 is 2.15 bits per heavy atom. The molecule has 1 aliphatic heterocycles. The maximum absolute atomic E-state index is 12.4. The van der Waals surface area contributed by atoms with Gasteiger partial charge in [-0.25, -0.2) is 0 Å². The van der Waals surface area contributed by atoms with Gasteiger partial charge in [-0.2, -0.15) is 5.10 Å². The van der Waals surface area contributed by atoms with Crippen molar-refractivity contribution in [1.29, 1.82) is 0 Å². The zero-order chi connectivity index (χ0) is 18.7. The molecule has 138 valence electrons. The van der Waals surface area contributed by atoms with Crippen LogP contribution in [0.2, 0.25) is 0 Å². The minimum atomic E-state index is -0.214. The summed E-state index contributed by atoms with van der Waals surface area (Å²) in [6, 6.07) is 7.28. The summed E-state index contributed by atoms with van der Waals surface area (Å²) in [4.78, 5) is 24.4. The topological polar surface area (TPSA) is 85.2 Å². The molecule has 2 amide bonds. The van der Waals surface area contributed by atoms with Gasteiger partial charge in [0.2, 0.25) is 0 Å². The number of ether oxygens (including phenoxy) is 1. The molecule has 2 N–H and O–H groups in total. The van der Waals surface area contributed by atoms with Crippen molar-refractivity contribution in [2.45, 2.75) is 25.9 Å². The first kappa shape index (κ1) is 18.6. The SMILES string of the molecule is COCCNC(=O)c1cc2n(n1)C[C@@H](NC(=O)c1ccc(C)c(Br)c1)C2. The fourth-order valence-corrected chi connectivity index (χ4v) is 3.25. The van der Waals surface area contributed by atoms with Crippen LogP contribution in [0.3, 0.4) is 0 Å². The van der Waals surface area contributed by atoms with Crippen molar-refractivity contribution < 1.29 is 14.3 Å². The molecule has 2 aromatic rings. The number of fused-ring (bicyclic) bond motifs is 1. The number of rotatable bonds is 6. The molecular formula is C18H21BrN4O3. The molecule has 26 heavy (non-hydrogen) atoms. The van der Waals surface area contributed by atoms with Gasteiger partial charge in [-0.15, -0.1) is 0 Å². The number of benzene rings is 1. The zero-order valence-corrected chi connectivity index (χ0v) is 16.3. The van der Waals surface area contributed by atoms with E-state index in [4.69, 9.17) is 4.74 Å². The van der Waals surface area contributed by atoms with E-state index in [1.807, 2.05) is 25.1 Å². The highest BCUT2D eigenvalue weighted by molar-refractivity contribution is 9.10. The van der Waals surface area contributed by atoms with Crippen molar-refractivity contribution in [2.75, 3.05) is 20.3 Å². The molecule has 0 radical (unpaired) electrons. The van der Waals surface area contributed by atoms with Gasteiger partial charge in [0, 0.05) is 35.8 Å². The average Bonchev–Trinajstić information content (AvgIpc) is 3.16. The first-order valence-corrected chi connectivity index (χ1v) is 9.18. The van der Waals surface area contributed by atoms with Gasteiger partial charge in [-0.3, -0.25) is 14.3 Å². The molecular weight excluding hydrogens is 400 g/mol. The van der Waals surface area contributed by atoms with Crippen LogP contribution in [0.5, 0.6) is 0 Å². The fraction of sp³-hybridized carbons (Fsp3) is 0.389. The number of nitrogens with zero attached hydrogens (tertiary/aromatic N) is 2. The Morgan fingerprint density at radius 3 is 2.85 bits per heavy atom. The van der Waals surface area contributed by atoms with Crippen LogP contribution < -0.4 is 10.6 Å². The van der Waals surface area contributed by atoms with Gasteiger partial charge in [-0.1, -0.05) is 22.0 Å². The van der Waals surface area contributed by atoms with E-state index < -0.39 is 0 Å². The zero-order valence-electron chi connectivity index (χ0n) is 14.7. The van der Waals surface area contributed by atoms with Gasteiger partial charge in [-0.05, 0) is 30.7 Å². The second-order valence-electron chi connectivity index (χ2n) is 6.29. The van der Waals surface area contributed by atoms with Crippen LogP contribution in [0, 0.1) is 6.92 Å². The van der Waals surface area contributed by atoms with Crippen LogP contribution >= 0.6 is 15.9 Å². The number of amides is 2. The monoisotopic (exact) mass is 420 g/mol. The summed E-state index contributed by atoms with van der Waals surface area (Å²) in [7, 11) is 1.58. The molecule has 0 fully saturated rings. The predicted molar refractivity (Wildman–Crippen MR) is 100 cm³/mol. The maximum Gasteiger partial charge on any atom is 0.271 e. The molecule has 0 bridgehead atoms. The number of nitrogens with one attached hydrogen (secondary N) is 2. The van der Waals surface area contributed by atoms with Crippen molar-refractivity contribution >= 4 is 27.7 Å². The molecule has 0 saturated heterocycles. The summed E-state index contributed by atoms with van der Waals surface area (Å²) < 4.78 is 7.60. The average molecular weight is 421 g/mol. The number of carbonyl (C=O) groups is 2. The molecule has 0 saturated carbocycles. The predicted octanol–water partition coefficient (Wildman–Crippen LogP) is 1.68. The van der Waals surface area contributed by atoms with E-state index in [-0.39, 0.29) is 17.9 Å². The van der Waals surface area contributed by atoms with Gasteiger partial charge < -0.3 is 15.4 Å². The molecule has 0 spiro atoms. The van der Waals surface area contributed by atoms with Crippen molar-refractivity contribution in [3.8, 4) is 0 Å². The molecule has 2 heterocycles. The molecule has 7 nitrogen and oxygen atoms in total. The summed E-state index contributed by atoms with van der Waals surface area (Å²) in [5.74, 6) is -0.326. The second-order valence-corrected chi connectivity index (χ2v) is 7.14. The van der Waals surface area contributed by atoms with Crippen molar-refractivity contribution in [1.82, 2.24) is 20.4 Å². The standard InChI is InChI=1S/C18H21BrN4O3/c1-11-3-4-12(7-15(11)19)17(24)21-13-8-14-9-16(22-23(14)10-13)18(25)20-5-6-26-2/h3-4,7,9,13H,5-6,8,10H2,1-2H3,(H,20,25)(H,21,24)/t13-/m0/s1. The molecule has 8 heteroatoms. The van der Waals surface area contributed by atoms with Crippen molar-refractivity contribution in [2.24, 2.45) is 0 Å². The fourth-order valence-electron chi connectivity index (χ4n) is 2.87. The number of aryl methyl sites for hydroxylation is 1. The van der Waals surface area contributed by atoms with Crippen LogP contribution in [0.1, 0.15) is 32.1 Å². The third-order valence-corrected chi connectivity index (χ3v) is 5.16. The first-order chi connectivity index (χ1) is 12.5. The van der Waals surface area contributed by atoms with Gasteiger partial charge in [0.25, 0.3) is 11.8 Å². The van der Waals surface area contributed by atoms with Crippen LogP contribution in [-0.4, -0.2) is 47.9 Å². The highest BCUT2D eigenvalue weighted by atomic mass is 79.9. The molecule has 3 rings (SSSR count). The minimum absolute atomic E-state index is 0.0318. The van der Waals surface area contributed by atoms with Gasteiger partial charge >= 0.3 is 0 Å². The highest BCUT2D eigenvalue weighted by Crippen LogP contribution is 2.19. The van der Waals surface area contributed by atoms with E-state index in [9.17, 15) is 9.59 Å². The Bertz CT molecular complexity index is 810. The lowest BCUT2D eigenvalue weighted by molar-refractivity contribution is 0.0921. The Morgan fingerprint density at radius 1 is 1.35 bits per heavy atom. The van der Waals surface area contributed by atoms with E-state index in [0.29, 0.717) is 37.4 Å². The summed E-state index contributed by atoms with van der Waals surface area (Å²) in [6.45, 7) is 3.44. The van der Waals surface area contributed by atoms with Crippen LogP contribution in [0.4, 0.5) is 0 Å². The normalized spacial score (nSPS) is 15.6. The lowest BCUT2D eigenvalue weighted by atomic mass is 10.1. The lowest BCUT2D eigenvalue weighted by Gasteiger charge is -2.12. The van der Waals surface area contributed by atoms with Crippen LogP contribution in [0.15, 0.2) is 28.7 Å². The maximum atomic E-state index is 12.4. The quantitative estimate of drug-likeness (QED) is 0.696. The summed E-state index contributed by atoms with van der Waals surface area (Å²) in [5.41, 5.74) is 3.03. The Hall–Kier alpha value is -2.19. The van der Waals surface area contributed by atoms with Crippen molar-refractivity contribution in [3.05, 3.63) is 51.3 Å². The van der Waals surface area contributed by atoms with E-state index in [0.717, 1.165) is 15.7 Å². The number of halogens is 1. The third-order valence-electron chi connectivity index (χ3n) is 4.31. The van der Waals surface area contributed by atoms with Crippen LogP contribution in [-0.2, 0) is 17.7 Å². The Labute approximate surface area is 160 Å². The molecule has 0 aliphatic carbocycles. The molecule has 0 unspecified atom stereocenters. The number of aromatic nitrogens is 2. The van der Waals surface area contributed by atoms with E-state index in [2.05, 4.69) is 31.7 Å². The number of hydrogen-bond donors (Lipinski definition) is 2. The number of methoxy groups -OCH3 is 1. The van der Waals surface area contributed by atoms with Gasteiger partial charge in [0.15, 0.2) is 0 Å². The molecule has 1 aliphatic rings. The molecule has 1 atom stereocenters. The van der Waals surface area contributed by atoms with E-state index in [1.54, 1.807) is 17.9 Å². The minimum Gasteiger partial charge on any atom is -0.383 e. The second kappa shape index (κ2) is 8.01. The van der Waals surface area contributed by atoms with Crippen LogP contribution in [0.25, 0.3) is 0 Å². The Kier molecular flexibility index (Phi) is 5.73. The number of hydrogen-bond acceptors (Lipinski definition) is 4. The summed E-state index contributed by atoms with van der Waals surface area (Å²) in [5, 5.41) is 10.1. The molecule has 1 aromatic heterocycles. The third kappa shape index (κ3) is 4.13. The lowest BCUT2D eigenvalue weighted by Crippen LogP contribution is -2.36. The molecule has 1 aromatic carbocycles. The van der Waals surface area contributed by atoms with Gasteiger partial charge in [0.1, 0.15) is 5.69 Å². The highest BCUT2D eigenvalue weighted by Gasteiger charge is 2.26. The van der Waals surface area contributed by atoms with Crippen molar-refractivity contribution in [3.63, 3.8) is 0 Å². The first-order valence-electron chi connectivity index (χ1n) is 8.39. The largest absolute Gasteiger partial charge is 0.383 e. The summed E-state index contributed by atoms with van der Waals surface area (Å²) in [6.07, 6.45) is 0.650. The Balaban J connectivity index is 1.57. The van der Waals surface area contributed by atoms with E-state index in [1.165, 1.54) is 0 Å². The smallest absolute Gasteiger partial charge is 0.271 e. The number of carbonyl (C=O) groups excluding carboxylic acids is 2. The van der Waals surface area contributed by atoms with E-state index >= 15 is 0 Å². The summed E-state index contributed by atoms with van der Waals surface area (Å²) >= 11 is 3.45.